The topological polar surface area (TPSA) is 30.5 Å². The van der Waals surface area contributed by atoms with E-state index in [0.717, 1.165) is 31.0 Å². The Morgan fingerprint density at radius 3 is 2.26 bits per heavy atom. The fraction of sp³-hybridized carbons (Fsp3) is 0.625. The van der Waals surface area contributed by atoms with Crippen molar-refractivity contribution >= 4 is 0 Å². The number of nitrogens with one attached hydrogen (secondary N) is 1. The standard InChI is InChI=1S/C16H27NO2/c1-5-11-17-12-16(3,4)13-19-15-10-8-7-9-14(15)18-6-2/h7-10,17H,5-6,11-13H2,1-4H3. The fourth-order valence-electron chi connectivity index (χ4n) is 1.77. The summed E-state index contributed by atoms with van der Waals surface area (Å²) in [5, 5.41) is 3.44. The summed E-state index contributed by atoms with van der Waals surface area (Å²) >= 11 is 0. The summed E-state index contributed by atoms with van der Waals surface area (Å²) in [4.78, 5) is 0. The molecule has 0 aliphatic rings. The van der Waals surface area contributed by atoms with Gasteiger partial charge in [-0.25, -0.2) is 0 Å². The summed E-state index contributed by atoms with van der Waals surface area (Å²) < 4.78 is 11.5. The van der Waals surface area contributed by atoms with E-state index in [2.05, 4.69) is 26.1 Å². The first-order valence-electron chi connectivity index (χ1n) is 7.14. The average molecular weight is 265 g/mol. The molecule has 0 radical (unpaired) electrons. The molecule has 0 spiro atoms. The van der Waals surface area contributed by atoms with Crippen LogP contribution in [-0.2, 0) is 0 Å². The van der Waals surface area contributed by atoms with E-state index in [-0.39, 0.29) is 5.41 Å². The van der Waals surface area contributed by atoms with Crippen molar-refractivity contribution in [2.24, 2.45) is 5.41 Å². The smallest absolute Gasteiger partial charge is 0.161 e. The quantitative estimate of drug-likeness (QED) is 0.693. The summed E-state index contributed by atoms with van der Waals surface area (Å²) in [5.74, 6) is 1.65. The molecule has 0 heterocycles. The van der Waals surface area contributed by atoms with Gasteiger partial charge in [-0.15, -0.1) is 0 Å². The highest BCUT2D eigenvalue weighted by atomic mass is 16.5. The molecule has 0 aliphatic carbocycles. The molecular formula is C16H27NO2. The molecule has 1 aromatic rings. The number of hydrogen-bond donors (Lipinski definition) is 1. The Bertz CT molecular complexity index is 364. The second kappa shape index (κ2) is 8.05. The molecule has 0 aromatic heterocycles. The van der Waals surface area contributed by atoms with Crippen LogP contribution in [0.15, 0.2) is 24.3 Å². The lowest BCUT2D eigenvalue weighted by molar-refractivity contribution is 0.169. The van der Waals surface area contributed by atoms with Crippen LogP contribution in [0.4, 0.5) is 0 Å². The summed E-state index contributed by atoms with van der Waals surface area (Å²) in [5.41, 5.74) is 0.106. The molecule has 0 saturated carbocycles. The molecule has 3 heteroatoms. The number of benzene rings is 1. The third kappa shape index (κ3) is 5.97. The molecule has 0 unspecified atom stereocenters. The SMILES string of the molecule is CCCNCC(C)(C)COc1ccccc1OCC. The van der Waals surface area contributed by atoms with Crippen molar-refractivity contribution in [1.82, 2.24) is 5.32 Å². The lowest BCUT2D eigenvalue weighted by atomic mass is 9.95. The molecule has 0 aliphatic heterocycles. The van der Waals surface area contributed by atoms with Gasteiger partial charge in [0.15, 0.2) is 11.5 Å². The number of rotatable bonds is 9. The van der Waals surface area contributed by atoms with Crippen LogP contribution in [0, 0.1) is 5.41 Å². The summed E-state index contributed by atoms with van der Waals surface area (Å²) in [6.45, 7) is 11.9. The Balaban J connectivity index is 2.50. The van der Waals surface area contributed by atoms with Gasteiger partial charge in [0.2, 0.25) is 0 Å². The van der Waals surface area contributed by atoms with Gasteiger partial charge in [-0.05, 0) is 32.0 Å². The molecule has 0 amide bonds. The van der Waals surface area contributed by atoms with Crippen LogP contribution in [0.3, 0.4) is 0 Å². The molecular weight excluding hydrogens is 238 g/mol. The average Bonchev–Trinajstić information content (AvgIpc) is 2.38. The minimum absolute atomic E-state index is 0.106. The monoisotopic (exact) mass is 265 g/mol. The van der Waals surface area contributed by atoms with Crippen molar-refractivity contribution in [1.29, 1.82) is 0 Å². The Labute approximate surface area is 117 Å². The first kappa shape index (κ1) is 15.8. The third-order valence-electron chi connectivity index (χ3n) is 2.80. The van der Waals surface area contributed by atoms with E-state index in [9.17, 15) is 0 Å². The lowest BCUT2D eigenvalue weighted by Crippen LogP contribution is -2.34. The molecule has 1 rings (SSSR count). The molecule has 1 N–H and O–H groups in total. The van der Waals surface area contributed by atoms with Gasteiger partial charge in [0.05, 0.1) is 13.2 Å². The Hall–Kier alpha value is -1.22. The van der Waals surface area contributed by atoms with Crippen LogP contribution in [0.5, 0.6) is 11.5 Å². The Kier molecular flexibility index (Phi) is 6.71. The van der Waals surface area contributed by atoms with E-state index in [1.54, 1.807) is 0 Å². The number of ether oxygens (including phenoxy) is 2. The highest BCUT2D eigenvalue weighted by Crippen LogP contribution is 2.28. The van der Waals surface area contributed by atoms with Gasteiger partial charge >= 0.3 is 0 Å². The fourth-order valence-corrected chi connectivity index (χ4v) is 1.77. The molecule has 1 aromatic carbocycles. The van der Waals surface area contributed by atoms with Crippen molar-refractivity contribution in [2.45, 2.75) is 34.1 Å². The van der Waals surface area contributed by atoms with E-state index in [0.29, 0.717) is 13.2 Å². The molecule has 108 valence electrons. The second-order valence-corrected chi connectivity index (χ2v) is 5.51. The van der Waals surface area contributed by atoms with Crippen LogP contribution in [0.1, 0.15) is 34.1 Å². The maximum Gasteiger partial charge on any atom is 0.161 e. The van der Waals surface area contributed by atoms with Crippen LogP contribution in [0.2, 0.25) is 0 Å². The first-order chi connectivity index (χ1) is 9.09. The minimum Gasteiger partial charge on any atom is -0.490 e. The second-order valence-electron chi connectivity index (χ2n) is 5.51. The van der Waals surface area contributed by atoms with E-state index in [1.165, 1.54) is 0 Å². The van der Waals surface area contributed by atoms with Gasteiger partial charge in [0, 0.05) is 12.0 Å². The van der Waals surface area contributed by atoms with Crippen molar-refractivity contribution in [2.75, 3.05) is 26.3 Å². The highest BCUT2D eigenvalue weighted by Gasteiger charge is 2.19. The minimum atomic E-state index is 0.106. The molecule has 3 nitrogen and oxygen atoms in total. The van der Waals surface area contributed by atoms with E-state index >= 15 is 0 Å². The predicted molar refractivity (Wildman–Crippen MR) is 80.0 cm³/mol. The Morgan fingerprint density at radius 1 is 1.05 bits per heavy atom. The van der Waals surface area contributed by atoms with Crippen molar-refractivity contribution in [3.63, 3.8) is 0 Å². The largest absolute Gasteiger partial charge is 0.490 e. The number of para-hydroxylation sites is 2. The van der Waals surface area contributed by atoms with E-state index in [1.807, 2.05) is 31.2 Å². The molecule has 19 heavy (non-hydrogen) atoms. The molecule has 0 saturated heterocycles. The van der Waals surface area contributed by atoms with E-state index in [4.69, 9.17) is 9.47 Å². The summed E-state index contributed by atoms with van der Waals surface area (Å²) in [6, 6.07) is 7.84. The zero-order valence-electron chi connectivity index (χ0n) is 12.7. The van der Waals surface area contributed by atoms with Crippen LogP contribution >= 0.6 is 0 Å². The lowest BCUT2D eigenvalue weighted by Gasteiger charge is -2.25. The predicted octanol–water partition coefficient (Wildman–Crippen LogP) is 3.49. The van der Waals surface area contributed by atoms with E-state index < -0.39 is 0 Å². The van der Waals surface area contributed by atoms with Gasteiger partial charge in [-0.2, -0.15) is 0 Å². The van der Waals surface area contributed by atoms with Gasteiger partial charge in [-0.1, -0.05) is 32.9 Å². The zero-order valence-corrected chi connectivity index (χ0v) is 12.7. The van der Waals surface area contributed by atoms with Crippen molar-refractivity contribution < 1.29 is 9.47 Å². The van der Waals surface area contributed by atoms with Gasteiger partial charge < -0.3 is 14.8 Å². The first-order valence-corrected chi connectivity index (χ1v) is 7.14. The highest BCUT2D eigenvalue weighted by molar-refractivity contribution is 5.39. The summed E-state index contributed by atoms with van der Waals surface area (Å²) in [7, 11) is 0. The van der Waals surface area contributed by atoms with Gasteiger partial charge in [-0.3, -0.25) is 0 Å². The van der Waals surface area contributed by atoms with Gasteiger partial charge in [0.1, 0.15) is 0 Å². The van der Waals surface area contributed by atoms with Crippen LogP contribution < -0.4 is 14.8 Å². The normalized spacial score (nSPS) is 11.4. The maximum atomic E-state index is 5.92. The van der Waals surface area contributed by atoms with Crippen molar-refractivity contribution in [3.05, 3.63) is 24.3 Å². The summed E-state index contributed by atoms with van der Waals surface area (Å²) in [6.07, 6.45) is 1.16. The molecule has 0 bridgehead atoms. The maximum absolute atomic E-state index is 5.92. The zero-order chi connectivity index (χ0) is 14.1. The van der Waals surface area contributed by atoms with Gasteiger partial charge in [0.25, 0.3) is 0 Å². The van der Waals surface area contributed by atoms with Crippen molar-refractivity contribution in [3.8, 4) is 11.5 Å². The Morgan fingerprint density at radius 2 is 1.68 bits per heavy atom. The van der Waals surface area contributed by atoms with Crippen LogP contribution in [-0.4, -0.2) is 26.3 Å². The molecule has 0 fully saturated rings. The third-order valence-corrected chi connectivity index (χ3v) is 2.80. The number of hydrogen-bond acceptors (Lipinski definition) is 3. The van der Waals surface area contributed by atoms with Crippen LogP contribution in [0.25, 0.3) is 0 Å². The molecule has 0 atom stereocenters.